The van der Waals surface area contributed by atoms with Crippen LogP contribution in [0.25, 0.3) is 11.0 Å². The molecule has 0 unspecified atom stereocenters. The average Bonchev–Trinajstić information content (AvgIpc) is 3.07. The van der Waals surface area contributed by atoms with Crippen LogP contribution in [-0.4, -0.2) is 31.6 Å². The van der Waals surface area contributed by atoms with Crippen molar-refractivity contribution in [1.82, 2.24) is 20.1 Å². The van der Waals surface area contributed by atoms with Gasteiger partial charge in [0, 0.05) is 25.9 Å². The van der Waals surface area contributed by atoms with Crippen molar-refractivity contribution < 1.29 is 9.55 Å². The van der Waals surface area contributed by atoms with Crippen LogP contribution in [0, 0.1) is 10.1 Å². The highest BCUT2D eigenvalue weighted by molar-refractivity contribution is 5.93. The number of hydrogen-bond donors (Lipinski definition) is 1. The van der Waals surface area contributed by atoms with Crippen molar-refractivity contribution in [2.45, 2.75) is 6.42 Å². The first-order chi connectivity index (χ1) is 10.1. The molecule has 21 heavy (non-hydrogen) atoms. The number of aromatic nitrogens is 4. The van der Waals surface area contributed by atoms with Crippen molar-refractivity contribution in [3.8, 4) is 0 Å². The fourth-order valence-electron chi connectivity index (χ4n) is 2.09. The molecule has 0 aliphatic carbocycles. The van der Waals surface area contributed by atoms with Crippen LogP contribution < -0.4 is 5.32 Å². The van der Waals surface area contributed by atoms with E-state index in [1.807, 2.05) is 13.2 Å². The van der Waals surface area contributed by atoms with Gasteiger partial charge in [0.2, 0.25) is 5.52 Å². The van der Waals surface area contributed by atoms with Gasteiger partial charge < -0.3 is 5.32 Å². The molecule has 0 fully saturated rings. The lowest BCUT2D eigenvalue weighted by atomic mass is 10.2. The minimum absolute atomic E-state index is 0.121. The van der Waals surface area contributed by atoms with E-state index in [2.05, 4.69) is 25.4 Å². The third kappa shape index (κ3) is 2.53. The van der Waals surface area contributed by atoms with E-state index in [-0.39, 0.29) is 11.2 Å². The van der Waals surface area contributed by atoms with E-state index in [0.717, 1.165) is 12.0 Å². The summed E-state index contributed by atoms with van der Waals surface area (Å²) in [7, 11) is 1.86. The summed E-state index contributed by atoms with van der Waals surface area (Å²) in [6.07, 6.45) is 4.51. The normalized spacial score (nSPS) is 10.9. The molecule has 0 saturated carbocycles. The number of nitro groups is 1. The first kappa shape index (κ1) is 13.0. The summed E-state index contributed by atoms with van der Waals surface area (Å²) in [4.78, 5) is 10.4. The zero-order valence-corrected chi connectivity index (χ0v) is 11.2. The Kier molecular flexibility index (Phi) is 3.22. The third-order valence-electron chi connectivity index (χ3n) is 3.08. The van der Waals surface area contributed by atoms with Crippen LogP contribution in [-0.2, 0) is 13.5 Å². The standard InChI is InChI=1S/C12H12N6O3/c1-17-7-8(6-14-17)4-5-13-9-2-3-10(18(19)20)12-11(9)15-21-16-12/h2-3,6-7,13H,4-5H2,1H3. The van der Waals surface area contributed by atoms with Crippen molar-refractivity contribution in [2.75, 3.05) is 11.9 Å². The smallest absolute Gasteiger partial charge is 0.300 e. The van der Waals surface area contributed by atoms with Crippen LogP contribution in [0.4, 0.5) is 11.4 Å². The van der Waals surface area contributed by atoms with E-state index >= 15 is 0 Å². The van der Waals surface area contributed by atoms with Crippen molar-refractivity contribution in [2.24, 2.45) is 7.05 Å². The topological polar surface area (TPSA) is 112 Å². The lowest BCUT2D eigenvalue weighted by Crippen LogP contribution is -2.05. The zero-order valence-electron chi connectivity index (χ0n) is 11.2. The molecule has 3 rings (SSSR count). The zero-order chi connectivity index (χ0) is 14.8. The van der Waals surface area contributed by atoms with Crippen LogP contribution in [0.3, 0.4) is 0 Å². The molecule has 0 amide bonds. The maximum atomic E-state index is 10.9. The molecule has 0 aliphatic heterocycles. The van der Waals surface area contributed by atoms with E-state index < -0.39 is 4.92 Å². The second-order valence-electron chi connectivity index (χ2n) is 4.55. The van der Waals surface area contributed by atoms with Crippen LogP contribution in [0.1, 0.15) is 5.56 Å². The summed E-state index contributed by atoms with van der Waals surface area (Å²) in [6, 6.07) is 2.99. The lowest BCUT2D eigenvalue weighted by molar-refractivity contribution is -0.383. The molecule has 0 aliphatic rings. The summed E-state index contributed by atoms with van der Waals surface area (Å²) in [5.74, 6) is 0. The van der Waals surface area contributed by atoms with Gasteiger partial charge in [0.25, 0.3) is 0 Å². The summed E-state index contributed by atoms with van der Waals surface area (Å²) < 4.78 is 6.34. The van der Waals surface area contributed by atoms with Gasteiger partial charge in [-0.3, -0.25) is 14.8 Å². The Morgan fingerprint density at radius 2 is 2.19 bits per heavy atom. The molecule has 1 N–H and O–H groups in total. The second-order valence-corrected chi connectivity index (χ2v) is 4.55. The maximum absolute atomic E-state index is 10.9. The lowest BCUT2D eigenvalue weighted by Gasteiger charge is -2.05. The first-order valence-electron chi connectivity index (χ1n) is 6.26. The van der Waals surface area contributed by atoms with E-state index in [1.54, 1.807) is 16.9 Å². The van der Waals surface area contributed by atoms with Crippen LogP contribution >= 0.6 is 0 Å². The number of nitrogens with one attached hydrogen (secondary N) is 1. The molecular weight excluding hydrogens is 276 g/mol. The van der Waals surface area contributed by atoms with Crippen molar-refractivity contribution in [3.05, 3.63) is 40.2 Å². The molecule has 0 saturated heterocycles. The van der Waals surface area contributed by atoms with Gasteiger partial charge in [-0.2, -0.15) is 5.10 Å². The molecule has 0 atom stereocenters. The SMILES string of the molecule is Cn1cc(CCNc2ccc([N+](=O)[O-])c3nonc23)cn1. The van der Waals surface area contributed by atoms with Crippen LogP contribution in [0.5, 0.6) is 0 Å². The monoisotopic (exact) mass is 288 g/mol. The fraction of sp³-hybridized carbons (Fsp3) is 0.250. The van der Waals surface area contributed by atoms with Crippen LogP contribution in [0.15, 0.2) is 29.2 Å². The number of non-ortho nitro benzene ring substituents is 1. The van der Waals surface area contributed by atoms with E-state index in [0.29, 0.717) is 17.7 Å². The Morgan fingerprint density at radius 1 is 1.38 bits per heavy atom. The average molecular weight is 288 g/mol. The fourth-order valence-corrected chi connectivity index (χ4v) is 2.09. The number of anilines is 1. The number of fused-ring (bicyclic) bond motifs is 1. The highest BCUT2D eigenvalue weighted by atomic mass is 16.6. The molecule has 1 aromatic carbocycles. The number of hydrogen-bond acceptors (Lipinski definition) is 7. The largest absolute Gasteiger partial charge is 0.383 e. The summed E-state index contributed by atoms with van der Waals surface area (Å²) in [5, 5.41) is 25.5. The highest BCUT2D eigenvalue weighted by Gasteiger charge is 2.19. The Balaban J connectivity index is 1.77. The van der Waals surface area contributed by atoms with Crippen molar-refractivity contribution in [1.29, 1.82) is 0 Å². The van der Waals surface area contributed by atoms with Gasteiger partial charge in [-0.15, -0.1) is 0 Å². The predicted molar refractivity (Wildman–Crippen MR) is 73.9 cm³/mol. The van der Waals surface area contributed by atoms with Crippen LogP contribution in [0.2, 0.25) is 0 Å². The Hall–Kier alpha value is -2.97. The number of aryl methyl sites for hydroxylation is 1. The molecule has 2 aromatic heterocycles. The van der Waals surface area contributed by atoms with Gasteiger partial charge in [0.05, 0.1) is 16.8 Å². The molecule has 108 valence electrons. The maximum Gasteiger partial charge on any atom is 0.300 e. The summed E-state index contributed by atoms with van der Waals surface area (Å²) in [5.41, 5.74) is 2.13. The second kappa shape index (κ2) is 5.19. The van der Waals surface area contributed by atoms with Crippen molar-refractivity contribution in [3.63, 3.8) is 0 Å². The molecular formula is C12H12N6O3. The van der Waals surface area contributed by atoms with Gasteiger partial charge in [-0.25, -0.2) is 4.63 Å². The molecule has 0 bridgehead atoms. The summed E-state index contributed by atoms with van der Waals surface area (Å²) in [6.45, 7) is 0.644. The minimum Gasteiger partial charge on any atom is -0.383 e. The van der Waals surface area contributed by atoms with Gasteiger partial charge in [-0.1, -0.05) is 0 Å². The molecule has 0 radical (unpaired) electrons. The highest BCUT2D eigenvalue weighted by Crippen LogP contribution is 2.28. The predicted octanol–water partition coefficient (Wildman–Crippen LogP) is 1.52. The van der Waals surface area contributed by atoms with E-state index in [1.165, 1.54) is 6.07 Å². The Bertz CT molecular complexity index is 793. The Morgan fingerprint density at radius 3 is 2.90 bits per heavy atom. The summed E-state index contributed by atoms with van der Waals surface area (Å²) >= 11 is 0. The molecule has 9 heteroatoms. The third-order valence-corrected chi connectivity index (χ3v) is 3.08. The Labute approximate surface area is 118 Å². The number of benzene rings is 1. The van der Waals surface area contributed by atoms with E-state index in [4.69, 9.17) is 0 Å². The number of rotatable bonds is 5. The first-order valence-corrected chi connectivity index (χ1v) is 6.26. The molecule has 3 aromatic rings. The van der Waals surface area contributed by atoms with E-state index in [9.17, 15) is 10.1 Å². The number of nitrogens with zero attached hydrogens (tertiary/aromatic N) is 5. The molecule has 2 heterocycles. The van der Waals surface area contributed by atoms with Gasteiger partial charge in [-0.05, 0) is 28.4 Å². The van der Waals surface area contributed by atoms with Gasteiger partial charge in [0.1, 0.15) is 0 Å². The van der Waals surface area contributed by atoms with Crippen molar-refractivity contribution >= 4 is 22.4 Å². The molecule has 9 nitrogen and oxygen atoms in total. The van der Waals surface area contributed by atoms with Gasteiger partial charge in [0.15, 0.2) is 5.52 Å². The number of nitro benzene ring substituents is 1. The minimum atomic E-state index is -0.508. The quantitative estimate of drug-likeness (QED) is 0.559. The molecule has 0 spiro atoms. The van der Waals surface area contributed by atoms with Gasteiger partial charge >= 0.3 is 5.69 Å².